The van der Waals surface area contributed by atoms with Crippen molar-refractivity contribution in [2.75, 3.05) is 25.1 Å². The van der Waals surface area contributed by atoms with Crippen molar-refractivity contribution < 1.29 is 19.0 Å². The summed E-state index contributed by atoms with van der Waals surface area (Å²) >= 11 is 0. The molecule has 1 N–H and O–H groups in total. The van der Waals surface area contributed by atoms with E-state index in [0.717, 1.165) is 42.1 Å². The van der Waals surface area contributed by atoms with E-state index in [4.69, 9.17) is 14.2 Å². The zero-order valence-electron chi connectivity index (χ0n) is 16.9. The van der Waals surface area contributed by atoms with Crippen LogP contribution < -0.4 is 14.8 Å². The Hall–Kier alpha value is -2.53. The standard InChI is InChI=1S/C23H29NO4/c1-16(2)21-11-6-17(3)13-22(21)28-15-23(25)24-18-7-9-19(10-8-18)27-14-20-5-4-12-26-20/h6-11,13,16,20H,4-5,12,14-15H2,1-3H3,(H,24,25)/t20-/m1/s1. The summed E-state index contributed by atoms with van der Waals surface area (Å²) in [5.41, 5.74) is 2.93. The predicted molar refractivity (Wildman–Crippen MR) is 110 cm³/mol. The zero-order valence-corrected chi connectivity index (χ0v) is 16.9. The molecule has 0 bridgehead atoms. The van der Waals surface area contributed by atoms with Gasteiger partial charge in [-0.3, -0.25) is 4.79 Å². The Kier molecular flexibility index (Phi) is 6.93. The number of amides is 1. The number of nitrogens with one attached hydrogen (secondary N) is 1. The highest BCUT2D eigenvalue weighted by Gasteiger charge is 2.16. The van der Waals surface area contributed by atoms with Crippen LogP contribution in [0.1, 0.15) is 43.7 Å². The van der Waals surface area contributed by atoms with Crippen molar-refractivity contribution in [1.29, 1.82) is 0 Å². The number of aryl methyl sites for hydroxylation is 1. The van der Waals surface area contributed by atoms with Gasteiger partial charge in [0.2, 0.25) is 0 Å². The van der Waals surface area contributed by atoms with Crippen molar-refractivity contribution >= 4 is 11.6 Å². The van der Waals surface area contributed by atoms with Crippen LogP contribution in [0.2, 0.25) is 0 Å². The lowest BCUT2D eigenvalue weighted by atomic mass is 10.0. The Morgan fingerprint density at radius 3 is 2.64 bits per heavy atom. The van der Waals surface area contributed by atoms with Crippen molar-refractivity contribution in [3.63, 3.8) is 0 Å². The van der Waals surface area contributed by atoms with E-state index in [9.17, 15) is 4.79 Å². The maximum Gasteiger partial charge on any atom is 0.262 e. The quantitative estimate of drug-likeness (QED) is 0.718. The number of rotatable bonds is 8. The van der Waals surface area contributed by atoms with Gasteiger partial charge in [-0.15, -0.1) is 0 Å². The molecule has 0 aliphatic carbocycles. The Labute approximate surface area is 167 Å². The Morgan fingerprint density at radius 2 is 1.96 bits per heavy atom. The molecule has 1 atom stereocenters. The van der Waals surface area contributed by atoms with Gasteiger partial charge in [-0.25, -0.2) is 0 Å². The Balaban J connectivity index is 1.49. The van der Waals surface area contributed by atoms with E-state index < -0.39 is 0 Å². The van der Waals surface area contributed by atoms with Gasteiger partial charge in [0, 0.05) is 12.3 Å². The first-order chi connectivity index (χ1) is 13.5. The van der Waals surface area contributed by atoms with Gasteiger partial charge in [0.05, 0.1) is 6.10 Å². The topological polar surface area (TPSA) is 56.8 Å². The van der Waals surface area contributed by atoms with Crippen LogP contribution in [0, 0.1) is 6.92 Å². The number of anilines is 1. The van der Waals surface area contributed by atoms with Crippen molar-refractivity contribution in [3.05, 3.63) is 53.6 Å². The third kappa shape index (κ3) is 5.73. The van der Waals surface area contributed by atoms with E-state index >= 15 is 0 Å². The number of hydrogen-bond acceptors (Lipinski definition) is 4. The lowest BCUT2D eigenvalue weighted by Gasteiger charge is -2.15. The normalized spacial score (nSPS) is 16.2. The molecule has 5 nitrogen and oxygen atoms in total. The van der Waals surface area contributed by atoms with Crippen LogP contribution in [0.3, 0.4) is 0 Å². The number of hydrogen-bond donors (Lipinski definition) is 1. The fraction of sp³-hybridized carbons (Fsp3) is 0.435. The highest BCUT2D eigenvalue weighted by atomic mass is 16.5. The molecule has 0 radical (unpaired) electrons. The predicted octanol–water partition coefficient (Wildman–Crippen LogP) is 4.69. The average molecular weight is 383 g/mol. The highest BCUT2D eigenvalue weighted by molar-refractivity contribution is 5.91. The van der Waals surface area contributed by atoms with Crippen molar-refractivity contribution in [1.82, 2.24) is 0 Å². The molecule has 1 aliphatic rings. The van der Waals surface area contributed by atoms with E-state index in [1.165, 1.54) is 0 Å². The maximum atomic E-state index is 12.3. The summed E-state index contributed by atoms with van der Waals surface area (Å²) in [5, 5.41) is 2.86. The third-order valence-corrected chi connectivity index (χ3v) is 4.75. The molecule has 1 fully saturated rings. The highest BCUT2D eigenvalue weighted by Crippen LogP contribution is 2.27. The summed E-state index contributed by atoms with van der Waals surface area (Å²) in [6.45, 7) is 7.59. The lowest BCUT2D eigenvalue weighted by Crippen LogP contribution is -2.20. The molecule has 0 aromatic heterocycles. The molecule has 1 heterocycles. The van der Waals surface area contributed by atoms with Gasteiger partial charge in [-0.05, 0) is 67.1 Å². The van der Waals surface area contributed by atoms with Crippen molar-refractivity contribution in [3.8, 4) is 11.5 Å². The van der Waals surface area contributed by atoms with Crippen LogP contribution in [0.5, 0.6) is 11.5 Å². The van der Waals surface area contributed by atoms with Crippen molar-refractivity contribution in [2.24, 2.45) is 0 Å². The monoisotopic (exact) mass is 383 g/mol. The van der Waals surface area contributed by atoms with Gasteiger partial charge in [-0.1, -0.05) is 26.0 Å². The first kappa shape index (κ1) is 20.2. The summed E-state index contributed by atoms with van der Waals surface area (Å²) in [7, 11) is 0. The molecule has 0 saturated carbocycles. The molecule has 1 amide bonds. The van der Waals surface area contributed by atoms with Gasteiger partial charge in [0.25, 0.3) is 5.91 Å². The van der Waals surface area contributed by atoms with Gasteiger partial charge in [0.15, 0.2) is 6.61 Å². The summed E-state index contributed by atoms with van der Waals surface area (Å²) < 4.78 is 17.1. The first-order valence-electron chi connectivity index (χ1n) is 9.89. The molecule has 150 valence electrons. The van der Waals surface area contributed by atoms with Gasteiger partial charge in [0.1, 0.15) is 18.1 Å². The van der Waals surface area contributed by atoms with E-state index in [1.807, 2.05) is 37.3 Å². The lowest BCUT2D eigenvalue weighted by molar-refractivity contribution is -0.118. The SMILES string of the molecule is Cc1ccc(C(C)C)c(OCC(=O)Nc2ccc(OC[C@H]3CCCO3)cc2)c1. The molecule has 1 saturated heterocycles. The number of carbonyl (C=O) groups is 1. The molecule has 1 aliphatic heterocycles. The van der Waals surface area contributed by atoms with E-state index in [0.29, 0.717) is 18.2 Å². The molecule has 0 spiro atoms. The Bertz CT molecular complexity index is 780. The summed E-state index contributed by atoms with van der Waals surface area (Å²) in [4.78, 5) is 12.3. The molecule has 2 aromatic carbocycles. The first-order valence-corrected chi connectivity index (χ1v) is 9.89. The minimum Gasteiger partial charge on any atom is -0.491 e. The average Bonchev–Trinajstić information content (AvgIpc) is 3.19. The molecular weight excluding hydrogens is 354 g/mol. The van der Waals surface area contributed by atoms with Crippen LogP contribution >= 0.6 is 0 Å². The van der Waals surface area contributed by atoms with Gasteiger partial charge >= 0.3 is 0 Å². The molecule has 3 rings (SSSR count). The molecule has 2 aromatic rings. The Morgan fingerprint density at radius 1 is 1.18 bits per heavy atom. The second kappa shape index (κ2) is 9.60. The minimum absolute atomic E-state index is 0.0273. The van der Waals surface area contributed by atoms with Crippen LogP contribution in [0.4, 0.5) is 5.69 Å². The largest absolute Gasteiger partial charge is 0.491 e. The van der Waals surface area contributed by atoms with Gasteiger partial charge < -0.3 is 19.5 Å². The van der Waals surface area contributed by atoms with E-state index in [-0.39, 0.29) is 18.6 Å². The molecule has 5 heteroatoms. The van der Waals surface area contributed by atoms with Crippen LogP contribution in [-0.2, 0) is 9.53 Å². The molecular formula is C23H29NO4. The molecule has 0 unspecified atom stereocenters. The second-order valence-electron chi connectivity index (χ2n) is 7.50. The second-order valence-corrected chi connectivity index (χ2v) is 7.50. The summed E-state index contributed by atoms with van der Waals surface area (Å²) in [6, 6.07) is 13.5. The number of benzene rings is 2. The molecule has 28 heavy (non-hydrogen) atoms. The third-order valence-electron chi connectivity index (χ3n) is 4.75. The number of carbonyl (C=O) groups excluding carboxylic acids is 1. The smallest absolute Gasteiger partial charge is 0.262 e. The van der Waals surface area contributed by atoms with Crippen LogP contribution in [0.15, 0.2) is 42.5 Å². The number of ether oxygens (including phenoxy) is 3. The van der Waals surface area contributed by atoms with E-state index in [2.05, 4.69) is 31.3 Å². The van der Waals surface area contributed by atoms with Crippen LogP contribution in [-0.4, -0.2) is 31.8 Å². The van der Waals surface area contributed by atoms with Crippen molar-refractivity contribution in [2.45, 2.75) is 45.6 Å². The van der Waals surface area contributed by atoms with Gasteiger partial charge in [-0.2, -0.15) is 0 Å². The van der Waals surface area contributed by atoms with E-state index in [1.54, 1.807) is 0 Å². The fourth-order valence-electron chi connectivity index (χ4n) is 3.18. The fourth-order valence-corrected chi connectivity index (χ4v) is 3.18. The summed E-state index contributed by atoms with van der Waals surface area (Å²) in [6.07, 6.45) is 2.34. The maximum absolute atomic E-state index is 12.3. The summed E-state index contributed by atoms with van der Waals surface area (Å²) in [5.74, 6) is 1.68. The zero-order chi connectivity index (χ0) is 19.9. The van der Waals surface area contributed by atoms with Crippen LogP contribution in [0.25, 0.3) is 0 Å². The minimum atomic E-state index is -0.191.